The van der Waals surface area contributed by atoms with E-state index in [1.54, 1.807) is 11.8 Å². The van der Waals surface area contributed by atoms with Crippen molar-refractivity contribution in [2.75, 3.05) is 19.3 Å². The van der Waals surface area contributed by atoms with E-state index in [2.05, 4.69) is 11.0 Å². The van der Waals surface area contributed by atoms with Crippen molar-refractivity contribution in [3.8, 4) is 0 Å². The maximum absolute atomic E-state index is 12.3. The maximum Gasteiger partial charge on any atom is 0.306 e. The fourth-order valence-corrected chi connectivity index (χ4v) is 5.16. The Kier molecular flexibility index (Phi) is 5.33. The topological polar surface area (TPSA) is 86.7 Å². The van der Waals surface area contributed by atoms with Gasteiger partial charge in [0.1, 0.15) is 0 Å². The van der Waals surface area contributed by atoms with Crippen LogP contribution in [0, 0.1) is 5.92 Å². The van der Waals surface area contributed by atoms with E-state index in [4.69, 9.17) is 5.11 Å². The number of nitrogens with zero attached hydrogens (tertiary/aromatic N) is 1. The highest BCUT2D eigenvalue weighted by Crippen LogP contribution is 2.29. The fraction of sp³-hybridized carbons (Fsp3) is 0.917. The van der Waals surface area contributed by atoms with Crippen molar-refractivity contribution in [2.45, 2.75) is 43.4 Å². The predicted octanol–water partition coefficient (Wildman–Crippen LogP) is 0.901. The van der Waals surface area contributed by atoms with E-state index in [0.717, 1.165) is 19.3 Å². The molecule has 6 nitrogen and oxygen atoms in total. The Morgan fingerprint density at radius 3 is 2.40 bits per heavy atom. The van der Waals surface area contributed by atoms with Gasteiger partial charge < -0.3 is 5.11 Å². The van der Waals surface area contributed by atoms with Crippen LogP contribution < -0.4 is 4.72 Å². The minimum Gasteiger partial charge on any atom is -0.481 e. The minimum absolute atomic E-state index is 0.0228. The van der Waals surface area contributed by atoms with Crippen molar-refractivity contribution in [3.63, 3.8) is 0 Å². The molecule has 0 amide bonds. The molecule has 1 heterocycles. The van der Waals surface area contributed by atoms with Gasteiger partial charge in [0, 0.05) is 24.4 Å². The van der Waals surface area contributed by atoms with E-state index in [1.807, 2.05) is 0 Å². The molecule has 2 atom stereocenters. The number of thioether (sulfide) groups is 1. The number of aliphatic carboxylic acids is 1. The fourth-order valence-electron chi connectivity index (χ4n) is 2.89. The molecular weight excluding hydrogens is 300 g/mol. The molecular formula is C12H22N2O4S2. The van der Waals surface area contributed by atoms with Gasteiger partial charge in [-0.1, -0.05) is 0 Å². The smallest absolute Gasteiger partial charge is 0.306 e. The Labute approximate surface area is 124 Å². The predicted molar refractivity (Wildman–Crippen MR) is 78.9 cm³/mol. The van der Waals surface area contributed by atoms with Gasteiger partial charge in [0.05, 0.1) is 5.92 Å². The molecule has 0 bridgehead atoms. The molecule has 1 saturated carbocycles. The Morgan fingerprint density at radius 1 is 1.25 bits per heavy atom. The molecule has 1 aliphatic carbocycles. The van der Waals surface area contributed by atoms with Crippen LogP contribution in [0.15, 0.2) is 0 Å². The zero-order valence-electron chi connectivity index (χ0n) is 11.6. The molecule has 20 heavy (non-hydrogen) atoms. The number of carbonyl (C=O) groups is 1. The first-order valence-corrected chi connectivity index (χ1v) is 9.68. The van der Waals surface area contributed by atoms with E-state index in [9.17, 15) is 13.2 Å². The molecule has 8 heteroatoms. The van der Waals surface area contributed by atoms with Crippen molar-refractivity contribution in [3.05, 3.63) is 0 Å². The van der Waals surface area contributed by atoms with Crippen molar-refractivity contribution < 1.29 is 18.3 Å². The second-order valence-electron chi connectivity index (χ2n) is 5.50. The second-order valence-corrected chi connectivity index (χ2v) is 8.34. The van der Waals surface area contributed by atoms with Crippen LogP contribution >= 0.6 is 11.8 Å². The first kappa shape index (κ1) is 16.1. The van der Waals surface area contributed by atoms with Crippen molar-refractivity contribution in [1.29, 1.82) is 0 Å². The number of piperidine rings is 1. The van der Waals surface area contributed by atoms with Crippen LogP contribution in [-0.2, 0) is 15.0 Å². The number of carboxylic acid groups (broad SMARTS) is 1. The summed E-state index contributed by atoms with van der Waals surface area (Å²) in [6.45, 7) is 0.593. The van der Waals surface area contributed by atoms with Crippen LogP contribution in [0.5, 0.6) is 0 Å². The van der Waals surface area contributed by atoms with Gasteiger partial charge in [-0.3, -0.25) is 4.79 Å². The third-order valence-corrected chi connectivity index (χ3v) is 6.95. The zero-order valence-corrected chi connectivity index (χ0v) is 13.3. The van der Waals surface area contributed by atoms with Crippen molar-refractivity contribution >= 4 is 27.9 Å². The summed E-state index contributed by atoms with van der Waals surface area (Å²) >= 11 is 1.79. The number of rotatable bonds is 5. The SMILES string of the molecule is CSC1CCC(NS(=O)(=O)N2CCC(C(=O)O)CC2)C1. The third kappa shape index (κ3) is 3.87. The summed E-state index contributed by atoms with van der Waals surface area (Å²) in [5.74, 6) is -1.23. The van der Waals surface area contributed by atoms with Crippen LogP contribution in [0.1, 0.15) is 32.1 Å². The molecule has 1 aliphatic heterocycles. The molecule has 2 unspecified atom stereocenters. The first-order valence-electron chi connectivity index (χ1n) is 6.95. The van der Waals surface area contributed by atoms with Gasteiger partial charge in [0.25, 0.3) is 10.2 Å². The summed E-state index contributed by atoms with van der Waals surface area (Å²) < 4.78 is 28.7. The highest BCUT2D eigenvalue weighted by molar-refractivity contribution is 7.99. The molecule has 116 valence electrons. The molecule has 1 saturated heterocycles. The average molecular weight is 322 g/mol. The lowest BCUT2D eigenvalue weighted by Crippen LogP contribution is -2.48. The third-order valence-electron chi connectivity index (χ3n) is 4.18. The zero-order chi connectivity index (χ0) is 14.8. The van der Waals surface area contributed by atoms with Gasteiger partial charge >= 0.3 is 5.97 Å². The van der Waals surface area contributed by atoms with Crippen LogP contribution in [0.4, 0.5) is 0 Å². The van der Waals surface area contributed by atoms with Crippen molar-refractivity contribution in [2.24, 2.45) is 5.92 Å². The van der Waals surface area contributed by atoms with Gasteiger partial charge in [-0.2, -0.15) is 29.2 Å². The molecule has 2 fully saturated rings. The van der Waals surface area contributed by atoms with Gasteiger partial charge in [-0.25, -0.2) is 0 Å². The molecule has 0 aromatic heterocycles. The molecule has 0 radical (unpaired) electrons. The number of nitrogens with one attached hydrogen (secondary N) is 1. The summed E-state index contributed by atoms with van der Waals surface area (Å²) in [5.41, 5.74) is 0. The van der Waals surface area contributed by atoms with Gasteiger partial charge in [0.2, 0.25) is 0 Å². The normalized spacial score (nSPS) is 29.6. The Hall–Kier alpha value is -0.310. The molecule has 0 aromatic rings. The lowest BCUT2D eigenvalue weighted by atomic mass is 9.99. The monoisotopic (exact) mass is 322 g/mol. The summed E-state index contributed by atoms with van der Waals surface area (Å²) in [5, 5.41) is 9.47. The highest BCUT2D eigenvalue weighted by Gasteiger charge is 2.34. The molecule has 2 N–H and O–H groups in total. The lowest BCUT2D eigenvalue weighted by Gasteiger charge is -2.30. The van der Waals surface area contributed by atoms with Crippen molar-refractivity contribution in [1.82, 2.24) is 9.03 Å². The van der Waals surface area contributed by atoms with E-state index >= 15 is 0 Å². The van der Waals surface area contributed by atoms with Gasteiger partial charge in [-0.15, -0.1) is 0 Å². The summed E-state index contributed by atoms with van der Waals surface area (Å²) in [4.78, 5) is 10.9. The quantitative estimate of drug-likeness (QED) is 0.785. The standard InChI is InChI=1S/C12H22N2O4S2/c1-19-11-3-2-10(8-11)13-20(17,18)14-6-4-9(5-7-14)12(15)16/h9-11,13H,2-8H2,1H3,(H,15,16). The maximum atomic E-state index is 12.3. The van der Waals surface area contributed by atoms with Crippen LogP contribution in [0.2, 0.25) is 0 Å². The Bertz CT molecular complexity index is 446. The lowest BCUT2D eigenvalue weighted by molar-refractivity contribution is -0.142. The Balaban J connectivity index is 1.87. The van der Waals surface area contributed by atoms with E-state index in [-0.39, 0.29) is 6.04 Å². The van der Waals surface area contributed by atoms with E-state index in [0.29, 0.717) is 31.2 Å². The molecule has 0 spiro atoms. The summed E-state index contributed by atoms with van der Waals surface area (Å²) in [7, 11) is -3.47. The summed E-state index contributed by atoms with van der Waals surface area (Å²) in [6.07, 6.45) is 5.67. The highest BCUT2D eigenvalue weighted by atomic mass is 32.2. The number of hydrogen-bond acceptors (Lipinski definition) is 4. The largest absolute Gasteiger partial charge is 0.481 e. The number of carboxylic acids is 1. The van der Waals surface area contributed by atoms with E-state index in [1.165, 1.54) is 4.31 Å². The van der Waals surface area contributed by atoms with Gasteiger partial charge in [-0.05, 0) is 38.4 Å². The minimum atomic E-state index is -3.47. The van der Waals surface area contributed by atoms with Crippen LogP contribution in [-0.4, -0.2) is 54.4 Å². The molecule has 2 aliphatic rings. The van der Waals surface area contributed by atoms with E-state index < -0.39 is 22.1 Å². The summed E-state index contributed by atoms with van der Waals surface area (Å²) in [6, 6.07) is 0.0228. The average Bonchev–Trinajstić information content (AvgIpc) is 2.85. The van der Waals surface area contributed by atoms with Gasteiger partial charge in [0.15, 0.2) is 0 Å². The first-order chi connectivity index (χ1) is 9.42. The second kappa shape index (κ2) is 6.64. The molecule has 0 aromatic carbocycles. The number of hydrogen-bond donors (Lipinski definition) is 2. The van der Waals surface area contributed by atoms with Crippen LogP contribution in [0.25, 0.3) is 0 Å². The Morgan fingerprint density at radius 2 is 1.90 bits per heavy atom. The van der Waals surface area contributed by atoms with Crippen LogP contribution in [0.3, 0.4) is 0 Å². The molecule has 2 rings (SSSR count).